The van der Waals surface area contributed by atoms with E-state index in [1.807, 2.05) is 27.7 Å². The molecule has 1 fully saturated rings. The molecule has 0 aromatic rings. The van der Waals surface area contributed by atoms with Gasteiger partial charge < -0.3 is 19.9 Å². The molecule has 154 valence electrons. The number of carboxylic acid groups (broad SMARTS) is 1. The lowest BCUT2D eigenvalue weighted by Crippen LogP contribution is -2.41. The molecule has 2 rings (SSSR count). The molecule has 0 radical (unpaired) electrons. The van der Waals surface area contributed by atoms with E-state index in [0.29, 0.717) is 12.3 Å². The minimum absolute atomic E-state index is 0.252. The third-order valence-electron chi connectivity index (χ3n) is 5.34. The van der Waals surface area contributed by atoms with E-state index in [-0.39, 0.29) is 12.6 Å². The number of allylic oxidation sites excluding steroid dienone is 1. The number of aliphatic carboxylic acids is 1. The number of alkyl carbamates (subject to hydrolysis) is 1. The van der Waals surface area contributed by atoms with E-state index in [1.165, 1.54) is 24.8 Å². The first-order chi connectivity index (χ1) is 12.5. The van der Waals surface area contributed by atoms with Gasteiger partial charge in [0.05, 0.1) is 24.7 Å². The van der Waals surface area contributed by atoms with Gasteiger partial charge in [0, 0.05) is 0 Å². The van der Waals surface area contributed by atoms with Crippen molar-refractivity contribution in [2.75, 3.05) is 6.61 Å². The number of fused-ring (bicyclic) bond motifs is 2. The van der Waals surface area contributed by atoms with Gasteiger partial charge >= 0.3 is 12.1 Å². The monoisotopic (exact) mass is 381 g/mol. The van der Waals surface area contributed by atoms with Gasteiger partial charge in [0.2, 0.25) is 0 Å². The van der Waals surface area contributed by atoms with Crippen molar-refractivity contribution in [2.45, 2.75) is 84.5 Å². The second-order valence-electron chi connectivity index (χ2n) is 9.22. The van der Waals surface area contributed by atoms with Gasteiger partial charge in [0.15, 0.2) is 0 Å². The first-order valence-electron chi connectivity index (χ1n) is 10.1. The van der Waals surface area contributed by atoms with Crippen molar-refractivity contribution < 1.29 is 24.2 Å². The standard InChI is InChI=1S/C21H35NO5/c1-13(22-20(25)27-21(3,4)5)12-26-18(14(2)19(23)24)11-17-9-15-6-7-16(8-15)10-17/h9,13-16,18H,6-8,10-12H2,1-5H3,(H,22,25)(H,23,24)/t13-,14-,15+,16-,18-/m1/s1. The van der Waals surface area contributed by atoms with Crippen LogP contribution in [0, 0.1) is 17.8 Å². The van der Waals surface area contributed by atoms with E-state index in [1.54, 1.807) is 6.92 Å². The summed E-state index contributed by atoms with van der Waals surface area (Å²) in [6, 6.07) is -0.264. The summed E-state index contributed by atoms with van der Waals surface area (Å²) < 4.78 is 11.2. The minimum Gasteiger partial charge on any atom is -0.481 e. The van der Waals surface area contributed by atoms with Crippen LogP contribution in [0.2, 0.25) is 0 Å². The van der Waals surface area contributed by atoms with Crippen LogP contribution in [0.3, 0.4) is 0 Å². The number of hydrogen-bond acceptors (Lipinski definition) is 4. The molecule has 6 nitrogen and oxygen atoms in total. The maximum absolute atomic E-state index is 11.9. The zero-order chi connectivity index (χ0) is 20.2. The Hall–Kier alpha value is -1.56. The zero-order valence-electron chi connectivity index (χ0n) is 17.3. The number of carbonyl (C=O) groups is 2. The predicted molar refractivity (Wildman–Crippen MR) is 104 cm³/mol. The van der Waals surface area contributed by atoms with E-state index >= 15 is 0 Å². The molecule has 1 saturated carbocycles. The van der Waals surface area contributed by atoms with Gasteiger partial charge in [-0.1, -0.05) is 11.6 Å². The van der Waals surface area contributed by atoms with Crippen molar-refractivity contribution in [3.63, 3.8) is 0 Å². The Kier molecular flexibility index (Phi) is 7.32. The van der Waals surface area contributed by atoms with Crippen LogP contribution >= 0.6 is 0 Å². The smallest absolute Gasteiger partial charge is 0.407 e. The summed E-state index contributed by atoms with van der Waals surface area (Å²) in [5.41, 5.74) is 0.775. The van der Waals surface area contributed by atoms with Crippen molar-refractivity contribution in [2.24, 2.45) is 17.8 Å². The number of ether oxygens (including phenoxy) is 2. The number of carbonyl (C=O) groups excluding carboxylic acids is 1. The number of nitrogens with one attached hydrogen (secondary N) is 1. The average Bonchev–Trinajstić information content (AvgIpc) is 2.87. The summed E-state index contributed by atoms with van der Waals surface area (Å²) in [6.07, 6.45) is 6.99. The summed E-state index contributed by atoms with van der Waals surface area (Å²) in [7, 11) is 0. The van der Waals surface area contributed by atoms with E-state index in [9.17, 15) is 14.7 Å². The lowest BCUT2D eigenvalue weighted by molar-refractivity contribution is -0.146. The molecule has 0 spiro atoms. The van der Waals surface area contributed by atoms with Crippen LogP contribution in [0.25, 0.3) is 0 Å². The summed E-state index contributed by atoms with van der Waals surface area (Å²) in [5.74, 6) is -0.0397. The maximum atomic E-state index is 11.9. The molecule has 6 heteroatoms. The Balaban J connectivity index is 1.89. The first kappa shape index (κ1) is 21.7. The maximum Gasteiger partial charge on any atom is 0.407 e. The van der Waals surface area contributed by atoms with E-state index in [4.69, 9.17) is 9.47 Å². The first-order valence-corrected chi connectivity index (χ1v) is 10.1. The van der Waals surface area contributed by atoms with Crippen LogP contribution in [0.5, 0.6) is 0 Å². The molecular weight excluding hydrogens is 346 g/mol. The summed E-state index contributed by atoms with van der Waals surface area (Å²) in [6.45, 7) is 9.20. The third-order valence-corrected chi connectivity index (χ3v) is 5.34. The molecule has 0 aliphatic heterocycles. The van der Waals surface area contributed by atoms with E-state index in [0.717, 1.165) is 12.3 Å². The van der Waals surface area contributed by atoms with Crippen LogP contribution in [0.1, 0.15) is 66.7 Å². The molecule has 5 atom stereocenters. The Bertz CT molecular complexity index is 565. The topological polar surface area (TPSA) is 84.9 Å². The lowest BCUT2D eigenvalue weighted by atomic mass is 9.85. The minimum atomic E-state index is -0.855. The van der Waals surface area contributed by atoms with E-state index in [2.05, 4.69) is 11.4 Å². The van der Waals surface area contributed by atoms with Crippen molar-refractivity contribution >= 4 is 12.1 Å². The third kappa shape index (κ3) is 7.17. The van der Waals surface area contributed by atoms with Gasteiger partial charge in [0.1, 0.15) is 5.60 Å². The highest BCUT2D eigenvalue weighted by atomic mass is 16.6. The van der Waals surface area contributed by atoms with Crippen LogP contribution < -0.4 is 5.32 Å². The van der Waals surface area contributed by atoms with Crippen molar-refractivity contribution in [3.8, 4) is 0 Å². The highest BCUT2D eigenvalue weighted by molar-refractivity contribution is 5.70. The molecule has 1 amide bonds. The molecule has 2 bridgehead atoms. The second kappa shape index (κ2) is 9.09. The van der Waals surface area contributed by atoms with Crippen molar-refractivity contribution in [1.29, 1.82) is 0 Å². The molecule has 0 unspecified atom stereocenters. The number of amides is 1. The van der Waals surface area contributed by atoms with Crippen LogP contribution in [-0.4, -0.2) is 41.5 Å². The average molecular weight is 382 g/mol. The number of rotatable bonds is 8. The van der Waals surface area contributed by atoms with Crippen molar-refractivity contribution in [3.05, 3.63) is 11.6 Å². The van der Waals surface area contributed by atoms with Gasteiger partial charge in [-0.25, -0.2) is 4.79 Å². The van der Waals surface area contributed by atoms with Crippen LogP contribution in [-0.2, 0) is 14.3 Å². The zero-order valence-corrected chi connectivity index (χ0v) is 17.3. The van der Waals surface area contributed by atoms with Crippen molar-refractivity contribution in [1.82, 2.24) is 5.32 Å². The van der Waals surface area contributed by atoms with Crippen LogP contribution in [0.4, 0.5) is 4.79 Å². The van der Waals surface area contributed by atoms with E-state index < -0.39 is 29.7 Å². The fraction of sp³-hybridized carbons (Fsp3) is 0.810. The molecule has 2 aliphatic carbocycles. The van der Waals surface area contributed by atoms with Gasteiger partial charge in [-0.2, -0.15) is 0 Å². The second-order valence-corrected chi connectivity index (χ2v) is 9.22. The number of hydrogen-bond donors (Lipinski definition) is 2. The molecule has 0 aromatic carbocycles. The molecule has 27 heavy (non-hydrogen) atoms. The Labute approximate surface area is 162 Å². The number of carboxylic acids is 1. The lowest BCUT2D eigenvalue weighted by Gasteiger charge is -2.28. The molecular formula is C21H35NO5. The molecule has 0 aromatic heterocycles. The molecule has 2 N–H and O–H groups in total. The molecule has 0 saturated heterocycles. The Morgan fingerprint density at radius 3 is 2.59 bits per heavy atom. The van der Waals surface area contributed by atoms with Gasteiger partial charge in [-0.3, -0.25) is 4.79 Å². The highest BCUT2D eigenvalue weighted by Crippen LogP contribution is 2.42. The Morgan fingerprint density at radius 1 is 1.30 bits per heavy atom. The fourth-order valence-electron chi connectivity index (χ4n) is 3.99. The summed E-state index contributed by atoms with van der Waals surface area (Å²) in [4.78, 5) is 23.4. The molecule has 0 heterocycles. The van der Waals surface area contributed by atoms with Gasteiger partial charge in [-0.05, 0) is 78.6 Å². The highest BCUT2D eigenvalue weighted by Gasteiger charge is 2.32. The fourth-order valence-corrected chi connectivity index (χ4v) is 3.99. The Morgan fingerprint density at radius 2 is 2.00 bits per heavy atom. The summed E-state index contributed by atoms with van der Waals surface area (Å²) >= 11 is 0. The predicted octanol–water partition coefficient (Wildman–Crippen LogP) is 4.14. The van der Waals surface area contributed by atoms with Crippen LogP contribution in [0.15, 0.2) is 11.6 Å². The largest absolute Gasteiger partial charge is 0.481 e. The summed E-state index contributed by atoms with van der Waals surface area (Å²) in [5, 5.41) is 12.2. The SMILES string of the molecule is C[C@H](CO[C@H](CC1=C[C@H]2CC[C@@H](C1)C2)[C@@H](C)C(=O)O)NC(=O)OC(C)(C)C. The van der Waals surface area contributed by atoms with Gasteiger partial charge in [-0.15, -0.1) is 0 Å². The normalized spacial score (nSPS) is 25.3. The van der Waals surface area contributed by atoms with Gasteiger partial charge in [0.25, 0.3) is 0 Å². The molecule has 2 aliphatic rings. The quantitative estimate of drug-likeness (QED) is 0.617.